The standard InChI is InChI=1S/C7H4ClNO/c1-2-5-3-6(10)4-9-7(5)8/h1,3-4,10H. The van der Waals surface area contributed by atoms with Gasteiger partial charge < -0.3 is 5.11 Å². The van der Waals surface area contributed by atoms with Crippen molar-refractivity contribution in [1.29, 1.82) is 0 Å². The molecule has 0 aromatic carbocycles. The highest BCUT2D eigenvalue weighted by molar-refractivity contribution is 6.30. The van der Waals surface area contributed by atoms with Gasteiger partial charge in [-0.25, -0.2) is 4.98 Å². The van der Waals surface area contributed by atoms with E-state index in [1.807, 2.05) is 0 Å². The summed E-state index contributed by atoms with van der Waals surface area (Å²) >= 11 is 5.53. The maximum atomic E-state index is 8.85. The fourth-order valence-electron chi connectivity index (χ4n) is 0.538. The monoisotopic (exact) mass is 153 g/mol. The minimum atomic E-state index is 0.0253. The third-order valence-electron chi connectivity index (χ3n) is 0.980. The molecular formula is C7H4ClNO. The molecule has 0 spiro atoms. The molecule has 0 fully saturated rings. The topological polar surface area (TPSA) is 33.1 Å². The van der Waals surface area contributed by atoms with E-state index in [1.165, 1.54) is 12.3 Å². The summed E-state index contributed by atoms with van der Waals surface area (Å²) in [7, 11) is 0. The van der Waals surface area contributed by atoms with Crippen molar-refractivity contribution in [3.63, 3.8) is 0 Å². The van der Waals surface area contributed by atoms with E-state index in [0.717, 1.165) is 0 Å². The first-order valence-corrected chi connectivity index (χ1v) is 2.93. The molecule has 2 nitrogen and oxygen atoms in total. The zero-order valence-corrected chi connectivity index (χ0v) is 5.76. The summed E-state index contributed by atoms with van der Waals surface area (Å²) in [6.07, 6.45) is 6.27. The second kappa shape index (κ2) is 2.59. The summed E-state index contributed by atoms with van der Waals surface area (Å²) in [5.74, 6) is 2.31. The summed E-state index contributed by atoms with van der Waals surface area (Å²) in [6.45, 7) is 0. The van der Waals surface area contributed by atoms with Gasteiger partial charge in [0.25, 0.3) is 0 Å². The SMILES string of the molecule is C#Cc1cc(O)cnc1Cl. The molecular weight excluding hydrogens is 150 g/mol. The van der Waals surface area contributed by atoms with Crippen molar-refractivity contribution in [1.82, 2.24) is 4.98 Å². The Morgan fingerprint density at radius 3 is 2.90 bits per heavy atom. The lowest BCUT2D eigenvalue weighted by Gasteiger charge is -1.93. The molecule has 1 N–H and O–H groups in total. The zero-order chi connectivity index (χ0) is 7.56. The normalized spacial score (nSPS) is 8.80. The average Bonchev–Trinajstić information content (AvgIpc) is 1.94. The van der Waals surface area contributed by atoms with E-state index in [9.17, 15) is 0 Å². The van der Waals surface area contributed by atoms with Crippen molar-refractivity contribution in [2.45, 2.75) is 0 Å². The number of pyridine rings is 1. The van der Waals surface area contributed by atoms with Crippen molar-refractivity contribution in [2.75, 3.05) is 0 Å². The molecule has 3 heteroatoms. The lowest BCUT2D eigenvalue weighted by atomic mass is 10.3. The van der Waals surface area contributed by atoms with E-state index < -0.39 is 0 Å². The van der Waals surface area contributed by atoms with E-state index in [-0.39, 0.29) is 10.9 Å². The Labute approximate surface area is 63.5 Å². The molecule has 0 aliphatic rings. The van der Waals surface area contributed by atoms with Crippen LogP contribution in [0.25, 0.3) is 0 Å². The Morgan fingerprint density at radius 2 is 2.40 bits per heavy atom. The van der Waals surface area contributed by atoms with Crippen LogP contribution in [0.1, 0.15) is 5.56 Å². The summed E-state index contributed by atoms with van der Waals surface area (Å²) in [5, 5.41) is 9.09. The second-order valence-corrected chi connectivity index (χ2v) is 2.03. The highest BCUT2D eigenvalue weighted by Gasteiger charge is 1.97. The number of terminal acetylenes is 1. The molecule has 0 atom stereocenters. The summed E-state index contributed by atoms with van der Waals surface area (Å²) in [5.41, 5.74) is 0.404. The van der Waals surface area contributed by atoms with Crippen LogP contribution in [0.2, 0.25) is 5.15 Å². The van der Waals surface area contributed by atoms with E-state index in [4.69, 9.17) is 23.1 Å². The molecule has 0 saturated heterocycles. The van der Waals surface area contributed by atoms with Crippen molar-refractivity contribution in [2.24, 2.45) is 0 Å². The largest absolute Gasteiger partial charge is 0.506 e. The van der Waals surface area contributed by atoms with Gasteiger partial charge in [-0.15, -0.1) is 6.42 Å². The molecule has 0 amide bonds. The summed E-state index contributed by atoms with van der Waals surface area (Å²) in [6, 6.07) is 1.38. The molecule has 1 aromatic rings. The van der Waals surface area contributed by atoms with Crippen LogP contribution in [-0.4, -0.2) is 10.1 Å². The minimum Gasteiger partial charge on any atom is -0.506 e. The zero-order valence-electron chi connectivity index (χ0n) is 5.00. The number of hydrogen-bond donors (Lipinski definition) is 1. The molecule has 50 valence electrons. The first kappa shape index (κ1) is 6.91. The first-order valence-electron chi connectivity index (χ1n) is 2.55. The molecule has 10 heavy (non-hydrogen) atoms. The lowest BCUT2D eigenvalue weighted by molar-refractivity contribution is 0.472. The van der Waals surface area contributed by atoms with E-state index in [0.29, 0.717) is 5.56 Å². The van der Waals surface area contributed by atoms with Crippen LogP contribution >= 0.6 is 11.6 Å². The van der Waals surface area contributed by atoms with Crippen molar-refractivity contribution < 1.29 is 5.11 Å². The minimum absolute atomic E-state index is 0.0253. The smallest absolute Gasteiger partial charge is 0.144 e. The Balaban J connectivity index is 3.25. The molecule has 1 rings (SSSR count). The van der Waals surface area contributed by atoms with Gasteiger partial charge in [-0.05, 0) is 0 Å². The van der Waals surface area contributed by atoms with Crippen LogP contribution in [0.4, 0.5) is 0 Å². The van der Waals surface area contributed by atoms with Crippen LogP contribution in [0.3, 0.4) is 0 Å². The lowest BCUT2D eigenvalue weighted by Crippen LogP contribution is -1.80. The molecule has 0 radical (unpaired) electrons. The number of aromatic hydroxyl groups is 1. The fraction of sp³-hybridized carbons (Fsp3) is 0. The van der Waals surface area contributed by atoms with Gasteiger partial charge in [0.2, 0.25) is 0 Å². The molecule has 0 bridgehead atoms. The Bertz CT molecular complexity index is 290. The number of aromatic nitrogens is 1. The van der Waals surface area contributed by atoms with Crippen LogP contribution in [0.5, 0.6) is 5.75 Å². The molecule has 0 unspecified atom stereocenters. The predicted molar refractivity (Wildman–Crippen MR) is 38.8 cm³/mol. The van der Waals surface area contributed by atoms with Crippen LogP contribution in [0, 0.1) is 12.3 Å². The van der Waals surface area contributed by atoms with Gasteiger partial charge >= 0.3 is 0 Å². The highest BCUT2D eigenvalue weighted by atomic mass is 35.5. The molecule has 0 aliphatic heterocycles. The first-order chi connectivity index (χ1) is 4.74. The third kappa shape index (κ3) is 1.20. The highest BCUT2D eigenvalue weighted by Crippen LogP contribution is 2.16. The van der Waals surface area contributed by atoms with Gasteiger partial charge in [0.15, 0.2) is 0 Å². The average molecular weight is 154 g/mol. The number of nitrogens with zero attached hydrogens (tertiary/aromatic N) is 1. The maximum Gasteiger partial charge on any atom is 0.144 e. The van der Waals surface area contributed by atoms with Crippen molar-refractivity contribution >= 4 is 11.6 Å². The molecule has 1 heterocycles. The quantitative estimate of drug-likeness (QED) is 0.452. The van der Waals surface area contributed by atoms with Crippen LogP contribution < -0.4 is 0 Å². The van der Waals surface area contributed by atoms with Gasteiger partial charge in [-0.3, -0.25) is 0 Å². The van der Waals surface area contributed by atoms with Gasteiger partial charge in [0.1, 0.15) is 10.9 Å². The Kier molecular flexibility index (Phi) is 1.79. The molecule has 0 saturated carbocycles. The van der Waals surface area contributed by atoms with E-state index >= 15 is 0 Å². The van der Waals surface area contributed by atoms with Gasteiger partial charge in [0, 0.05) is 6.07 Å². The number of rotatable bonds is 0. The fourth-order valence-corrected chi connectivity index (χ4v) is 0.696. The Morgan fingerprint density at radius 1 is 1.70 bits per heavy atom. The van der Waals surface area contributed by atoms with Gasteiger partial charge in [-0.2, -0.15) is 0 Å². The van der Waals surface area contributed by atoms with Gasteiger partial charge in [0.05, 0.1) is 11.8 Å². The number of hydrogen-bond acceptors (Lipinski definition) is 2. The second-order valence-electron chi connectivity index (χ2n) is 1.68. The number of halogens is 1. The predicted octanol–water partition coefficient (Wildman–Crippen LogP) is 1.42. The van der Waals surface area contributed by atoms with E-state index in [2.05, 4.69) is 10.9 Å². The van der Waals surface area contributed by atoms with Crippen LogP contribution in [-0.2, 0) is 0 Å². The maximum absolute atomic E-state index is 8.85. The van der Waals surface area contributed by atoms with Crippen molar-refractivity contribution in [3.8, 4) is 18.1 Å². The Hall–Kier alpha value is -1.20. The van der Waals surface area contributed by atoms with E-state index in [1.54, 1.807) is 0 Å². The third-order valence-corrected chi connectivity index (χ3v) is 1.28. The molecule has 1 aromatic heterocycles. The summed E-state index contributed by atoms with van der Waals surface area (Å²) < 4.78 is 0. The van der Waals surface area contributed by atoms with Gasteiger partial charge in [-0.1, -0.05) is 17.5 Å². The molecule has 0 aliphatic carbocycles. The van der Waals surface area contributed by atoms with Crippen LogP contribution in [0.15, 0.2) is 12.3 Å². The summed E-state index contributed by atoms with van der Waals surface area (Å²) in [4.78, 5) is 3.62. The van der Waals surface area contributed by atoms with Crippen molar-refractivity contribution in [3.05, 3.63) is 23.0 Å².